The highest BCUT2D eigenvalue weighted by molar-refractivity contribution is 6.74. The molecule has 0 saturated carbocycles. The summed E-state index contributed by atoms with van der Waals surface area (Å²) in [6.45, 7) is 22.5. The summed E-state index contributed by atoms with van der Waals surface area (Å²) < 4.78 is 6.69. The van der Waals surface area contributed by atoms with Gasteiger partial charge in [-0.05, 0) is 36.4 Å². The van der Waals surface area contributed by atoms with Gasteiger partial charge in [-0.2, -0.15) is 0 Å². The molecule has 0 rings (SSSR count). The topological polar surface area (TPSA) is 29.5 Å². The molecule has 120 valence electrons. The lowest BCUT2D eigenvalue weighted by Gasteiger charge is -2.45. The monoisotopic (exact) mass is 300 g/mol. The molecule has 1 N–H and O–H groups in total. The molecule has 0 unspecified atom stereocenters. The van der Waals surface area contributed by atoms with Crippen LogP contribution in [0.15, 0.2) is 11.6 Å². The van der Waals surface area contributed by atoms with Gasteiger partial charge in [-0.25, -0.2) is 0 Å². The van der Waals surface area contributed by atoms with E-state index in [0.717, 1.165) is 5.57 Å². The van der Waals surface area contributed by atoms with Crippen LogP contribution in [0.5, 0.6) is 0 Å². The third kappa shape index (κ3) is 5.70. The molecule has 0 fully saturated rings. The number of hydrogen-bond acceptors (Lipinski definition) is 2. The van der Waals surface area contributed by atoms with Gasteiger partial charge in [0.25, 0.3) is 0 Å². The Morgan fingerprint density at radius 1 is 1.15 bits per heavy atom. The second-order valence-corrected chi connectivity index (χ2v) is 13.5. The molecular weight excluding hydrogens is 264 g/mol. The van der Waals surface area contributed by atoms with Crippen LogP contribution in [0.2, 0.25) is 18.1 Å². The second-order valence-electron chi connectivity index (χ2n) is 8.70. The van der Waals surface area contributed by atoms with Crippen molar-refractivity contribution in [2.24, 2.45) is 11.3 Å². The Balaban J connectivity index is 5.32. The lowest BCUT2D eigenvalue weighted by atomic mass is 9.81. The van der Waals surface area contributed by atoms with Crippen LogP contribution in [-0.2, 0) is 4.43 Å². The highest BCUT2D eigenvalue weighted by Crippen LogP contribution is 2.41. The average molecular weight is 301 g/mol. The zero-order valence-corrected chi connectivity index (χ0v) is 16.3. The fourth-order valence-electron chi connectivity index (χ4n) is 2.16. The lowest BCUT2D eigenvalue weighted by molar-refractivity contribution is 0.0436. The number of hydrogen-bond donors (Lipinski definition) is 1. The molecule has 0 aromatic carbocycles. The Hall–Kier alpha value is -0.123. The highest BCUT2D eigenvalue weighted by Gasteiger charge is 2.42. The molecule has 0 aliphatic rings. The van der Waals surface area contributed by atoms with Crippen molar-refractivity contribution in [3.63, 3.8) is 0 Å². The van der Waals surface area contributed by atoms with Crippen LogP contribution < -0.4 is 0 Å². The summed E-state index contributed by atoms with van der Waals surface area (Å²) in [6, 6.07) is 0. The fraction of sp³-hybridized carbons (Fsp3) is 0.882. The molecule has 0 spiro atoms. The van der Waals surface area contributed by atoms with Crippen LogP contribution in [-0.4, -0.2) is 26.1 Å². The van der Waals surface area contributed by atoms with Gasteiger partial charge in [-0.15, -0.1) is 0 Å². The minimum atomic E-state index is -1.79. The summed E-state index contributed by atoms with van der Waals surface area (Å²) in [5.41, 5.74) is 1.10. The Morgan fingerprint density at radius 2 is 1.60 bits per heavy atom. The number of aliphatic hydroxyl groups excluding tert-OH is 1. The second kappa shape index (κ2) is 6.76. The predicted octanol–water partition coefficient (Wildman–Crippen LogP) is 5.00. The number of aliphatic hydroxyl groups is 1. The Morgan fingerprint density at radius 3 is 1.90 bits per heavy atom. The van der Waals surface area contributed by atoms with Gasteiger partial charge in [-0.1, -0.05) is 60.1 Å². The van der Waals surface area contributed by atoms with Gasteiger partial charge < -0.3 is 9.53 Å². The van der Waals surface area contributed by atoms with Crippen LogP contribution in [0.4, 0.5) is 0 Å². The van der Waals surface area contributed by atoms with Gasteiger partial charge in [0, 0.05) is 0 Å². The van der Waals surface area contributed by atoms with Crippen molar-refractivity contribution in [2.75, 3.05) is 6.61 Å². The first-order valence-electron chi connectivity index (χ1n) is 7.68. The van der Waals surface area contributed by atoms with E-state index in [0.29, 0.717) is 5.92 Å². The van der Waals surface area contributed by atoms with E-state index >= 15 is 0 Å². The SMILES string of the molecule is C/C(=C/[C@@H](C)[C@H](O[Si](C)(C)C(C)(C)C)C(C)(C)C)CO. The number of rotatable bonds is 5. The first-order valence-corrected chi connectivity index (χ1v) is 10.6. The smallest absolute Gasteiger partial charge is 0.192 e. The first kappa shape index (κ1) is 19.9. The zero-order valence-electron chi connectivity index (χ0n) is 15.3. The predicted molar refractivity (Wildman–Crippen MR) is 91.5 cm³/mol. The third-order valence-corrected chi connectivity index (χ3v) is 8.81. The maximum Gasteiger partial charge on any atom is 0.192 e. The molecule has 0 heterocycles. The van der Waals surface area contributed by atoms with E-state index in [1.807, 2.05) is 6.92 Å². The lowest BCUT2D eigenvalue weighted by Crippen LogP contribution is -2.49. The van der Waals surface area contributed by atoms with Crippen LogP contribution in [0, 0.1) is 11.3 Å². The molecule has 2 atom stereocenters. The van der Waals surface area contributed by atoms with E-state index in [4.69, 9.17) is 4.43 Å². The van der Waals surface area contributed by atoms with Crippen LogP contribution >= 0.6 is 0 Å². The molecule has 0 aromatic heterocycles. The summed E-state index contributed by atoms with van der Waals surface area (Å²) in [6.07, 6.45) is 2.33. The maximum atomic E-state index is 9.23. The van der Waals surface area contributed by atoms with Crippen molar-refractivity contribution >= 4 is 8.32 Å². The Kier molecular flexibility index (Phi) is 6.72. The molecule has 0 aliphatic carbocycles. The van der Waals surface area contributed by atoms with Gasteiger partial charge in [0.05, 0.1) is 12.7 Å². The summed E-state index contributed by atoms with van der Waals surface area (Å²) in [5, 5.41) is 9.44. The van der Waals surface area contributed by atoms with Crippen LogP contribution in [0.3, 0.4) is 0 Å². The van der Waals surface area contributed by atoms with Gasteiger partial charge in [0.2, 0.25) is 0 Å². The van der Waals surface area contributed by atoms with Crippen molar-refractivity contribution in [1.82, 2.24) is 0 Å². The van der Waals surface area contributed by atoms with Crippen molar-refractivity contribution in [3.05, 3.63) is 11.6 Å². The van der Waals surface area contributed by atoms with Gasteiger partial charge >= 0.3 is 0 Å². The average Bonchev–Trinajstić information content (AvgIpc) is 2.22. The third-order valence-electron chi connectivity index (χ3n) is 4.36. The van der Waals surface area contributed by atoms with Crippen molar-refractivity contribution in [1.29, 1.82) is 0 Å². The van der Waals surface area contributed by atoms with E-state index in [9.17, 15) is 5.11 Å². The van der Waals surface area contributed by atoms with E-state index in [1.165, 1.54) is 0 Å². The molecule has 20 heavy (non-hydrogen) atoms. The maximum absolute atomic E-state index is 9.23. The van der Waals surface area contributed by atoms with Crippen LogP contribution in [0.25, 0.3) is 0 Å². The van der Waals surface area contributed by atoms with Gasteiger partial charge in [0.1, 0.15) is 0 Å². The largest absolute Gasteiger partial charge is 0.413 e. The Labute approximate surface area is 127 Å². The zero-order chi connectivity index (χ0) is 16.4. The molecule has 0 radical (unpaired) electrons. The highest BCUT2D eigenvalue weighted by atomic mass is 28.4. The van der Waals surface area contributed by atoms with Gasteiger partial charge in [0.15, 0.2) is 8.32 Å². The van der Waals surface area contributed by atoms with Crippen LogP contribution in [0.1, 0.15) is 55.4 Å². The standard InChI is InChI=1S/C17H36O2Si/c1-13(12-18)11-14(2)15(16(3,4)5)19-20(9,10)17(6,7)8/h11,14-15,18H,12H2,1-10H3/b13-11-/t14-,15+/m1/s1. The summed E-state index contributed by atoms with van der Waals surface area (Å²) in [7, 11) is -1.79. The fourth-order valence-corrected chi connectivity index (χ4v) is 3.71. The molecule has 3 heteroatoms. The minimum absolute atomic E-state index is 0.0845. The molecular formula is C17H36O2Si. The minimum Gasteiger partial charge on any atom is -0.413 e. The Bertz CT molecular complexity index is 332. The normalized spacial score (nSPS) is 18.1. The van der Waals surface area contributed by atoms with Crippen molar-refractivity contribution in [2.45, 2.75) is 79.6 Å². The van der Waals surface area contributed by atoms with Crippen molar-refractivity contribution in [3.8, 4) is 0 Å². The van der Waals surface area contributed by atoms with E-state index in [2.05, 4.69) is 67.6 Å². The quantitative estimate of drug-likeness (QED) is 0.572. The van der Waals surface area contributed by atoms with Gasteiger partial charge in [-0.3, -0.25) is 0 Å². The first-order chi connectivity index (χ1) is 8.72. The molecule has 0 bridgehead atoms. The van der Waals surface area contributed by atoms with Crippen molar-refractivity contribution < 1.29 is 9.53 Å². The summed E-state index contributed by atoms with van der Waals surface area (Å²) in [5.74, 6) is 0.302. The summed E-state index contributed by atoms with van der Waals surface area (Å²) >= 11 is 0. The van der Waals surface area contributed by atoms with E-state index < -0.39 is 8.32 Å². The molecule has 0 saturated heterocycles. The molecule has 0 amide bonds. The summed E-state index contributed by atoms with van der Waals surface area (Å²) in [4.78, 5) is 0. The van der Waals surface area contributed by atoms with E-state index in [-0.39, 0.29) is 23.2 Å². The molecule has 0 aromatic rings. The molecule has 0 aliphatic heterocycles. The van der Waals surface area contributed by atoms with E-state index in [1.54, 1.807) is 0 Å². The molecule has 2 nitrogen and oxygen atoms in total.